The van der Waals surface area contributed by atoms with E-state index in [4.69, 9.17) is 0 Å². The second-order valence-corrected chi connectivity index (χ2v) is 7.20. The number of aromatic nitrogens is 5. The van der Waals surface area contributed by atoms with Crippen molar-refractivity contribution in [3.8, 4) is 0 Å². The van der Waals surface area contributed by atoms with Gasteiger partial charge in [-0.15, -0.1) is 10.2 Å². The minimum absolute atomic E-state index is 0.0437. The van der Waals surface area contributed by atoms with Crippen LogP contribution in [-0.2, 0) is 19.3 Å². The average Bonchev–Trinajstić information content (AvgIpc) is 3.21. The van der Waals surface area contributed by atoms with Gasteiger partial charge in [-0.05, 0) is 50.7 Å². The van der Waals surface area contributed by atoms with E-state index in [2.05, 4.69) is 25.7 Å². The molecular formula is C20H26N6O. The molecule has 3 heterocycles. The first kappa shape index (κ1) is 17.7. The highest BCUT2D eigenvalue weighted by Crippen LogP contribution is 2.21. The third-order valence-electron chi connectivity index (χ3n) is 5.27. The van der Waals surface area contributed by atoms with Crippen LogP contribution in [0, 0.1) is 0 Å². The number of fused-ring (bicyclic) bond motifs is 2. The number of aromatic amines is 1. The van der Waals surface area contributed by atoms with Gasteiger partial charge in [0.25, 0.3) is 5.91 Å². The van der Waals surface area contributed by atoms with Crippen molar-refractivity contribution in [1.82, 2.24) is 30.1 Å². The summed E-state index contributed by atoms with van der Waals surface area (Å²) >= 11 is 0. The van der Waals surface area contributed by atoms with E-state index in [9.17, 15) is 4.79 Å². The van der Waals surface area contributed by atoms with E-state index in [-0.39, 0.29) is 5.91 Å². The number of hydrogen-bond acceptors (Lipinski definition) is 4. The molecule has 0 radical (unpaired) electrons. The van der Waals surface area contributed by atoms with Gasteiger partial charge in [0.1, 0.15) is 5.82 Å². The van der Waals surface area contributed by atoms with Gasteiger partial charge in [0.05, 0.1) is 0 Å². The van der Waals surface area contributed by atoms with Crippen molar-refractivity contribution in [1.29, 1.82) is 0 Å². The molecule has 1 amide bonds. The van der Waals surface area contributed by atoms with Crippen molar-refractivity contribution >= 4 is 11.6 Å². The van der Waals surface area contributed by atoms with Gasteiger partial charge in [-0.2, -0.15) is 5.10 Å². The van der Waals surface area contributed by atoms with Crippen molar-refractivity contribution in [3.05, 3.63) is 47.2 Å². The number of nitrogens with zero attached hydrogens (tertiary/aromatic N) is 4. The van der Waals surface area contributed by atoms with E-state index in [0.717, 1.165) is 67.7 Å². The monoisotopic (exact) mass is 366 g/mol. The predicted molar refractivity (Wildman–Crippen MR) is 103 cm³/mol. The second-order valence-electron chi connectivity index (χ2n) is 7.20. The Morgan fingerprint density at radius 3 is 3.00 bits per heavy atom. The molecule has 1 aliphatic rings. The number of carbonyl (C=O) groups is 1. The van der Waals surface area contributed by atoms with Crippen molar-refractivity contribution in [2.24, 2.45) is 0 Å². The Bertz CT molecular complexity index is 912. The molecule has 0 bridgehead atoms. The fourth-order valence-electron chi connectivity index (χ4n) is 3.78. The van der Waals surface area contributed by atoms with Gasteiger partial charge in [-0.1, -0.05) is 18.9 Å². The fourth-order valence-corrected chi connectivity index (χ4v) is 3.78. The van der Waals surface area contributed by atoms with Crippen molar-refractivity contribution in [2.45, 2.75) is 57.8 Å². The van der Waals surface area contributed by atoms with E-state index in [1.54, 1.807) is 0 Å². The summed E-state index contributed by atoms with van der Waals surface area (Å²) in [6.07, 6.45) is 11.4. The molecule has 0 spiro atoms. The maximum absolute atomic E-state index is 12.4. The maximum atomic E-state index is 12.4. The normalized spacial score (nSPS) is 14.1. The zero-order valence-electron chi connectivity index (χ0n) is 15.6. The number of pyridine rings is 1. The molecular weight excluding hydrogens is 340 g/mol. The quantitative estimate of drug-likeness (QED) is 0.497. The van der Waals surface area contributed by atoms with Crippen LogP contribution < -0.4 is 5.32 Å². The van der Waals surface area contributed by atoms with Crippen LogP contribution in [-0.4, -0.2) is 37.2 Å². The van der Waals surface area contributed by atoms with Crippen molar-refractivity contribution in [3.63, 3.8) is 0 Å². The molecule has 1 aliphatic carbocycles. The highest BCUT2D eigenvalue weighted by molar-refractivity contribution is 5.93. The Balaban J connectivity index is 1.20. The lowest BCUT2D eigenvalue weighted by molar-refractivity contribution is 0.0947. The van der Waals surface area contributed by atoms with Crippen LogP contribution >= 0.6 is 0 Å². The van der Waals surface area contributed by atoms with E-state index >= 15 is 0 Å². The lowest BCUT2D eigenvalue weighted by Crippen LogP contribution is -2.25. The third-order valence-corrected chi connectivity index (χ3v) is 5.27. The largest absolute Gasteiger partial charge is 0.351 e. The van der Waals surface area contributed by atoms with Gasteiger partial charge in [0.2, 0.25) is 0 Å². The average molecular weight is 366 g/mol. The SMILES string of the molecule is O=C(NCCCCCc1nnc2ccccn12)c1n[nH]c2c1CCCCC2. The molecule has 0 atom stereocenters. The summed E-state index contributed by atoms with van der Waals surface area (Å²) < 4.78 is 2.03. The highest BCUT2D eigenvalue weighted by Gasteiger charge is 2.20. The Hall–Kier alpha value is -2.70. The zero-order chi connectivity index (χ0) is 18.5. The summed E-state index contributed by atoms with van der Waals surface area (Å²) in [5, 5.41) is 18.8. The summed E-state index contributed by atoms with van der Waals surface area (Å²) in [6.45, 7) is 0.682. The van der Waals surface area contributed by atoms with E-state index < -0.39 is 0 Å². The van der Waals surface area contributed by atoms with Crippen LogP contribution in [0.25, 0.3) is 5.65 Å². The van der Waals surface area contributed by atoms with Gasteiger partial charge in [0, 0.05) is 30.4 Å². The fraction of sp³-hybridized carbons (Fsp3) is 0.500. The van der Waals surface area contributed by atoms with E-state index in [0.29, 0.717) is 12.2 Å². The van der Waals surface area contributed by atoms with Crippen LogP contribution in [0.1, 0.15) is 66.1 Å². The Kier molecular flexibility index (Phi) is 5.46. The number of H-pyrrole nitrogens is 1. The molecule has 7 nitrogen and oxygen atoms in total. The summed E-state index contributed by atoms with van der Waals surface area (Å²) in [5.74, 6) is 0.951. The first-order valence-electron chi connectivity index (χ1n) is 9.96. The van der Waals surface area contributed by atoms with Crippen LogP contribution in [0.2, 0.25) is 0 Å². The Labute approximate surface area is 158 Å². The number of aryl methyl sites for hydroxylation is 2. The molecule has 27 heavy (non-hydrogen) atoms. The lowest BCUT2D eigenvalue weighted by Gasteiger charge is -2.05. The number of hydrogen-bond donors (Lipinski definition) is 2. The zero-order valence-corrected chi connectivity index (χ0v) is 15.6. The topological polar surface area (TPSA) is 88.0 Å². The van der Waals surface area contributed by atoms with E-state index in [1.807, 2.05) is 28.8 Å². The Morgan fingerprint density at radius 2 is 2.04 bits per heavy atom. The molecule has 7 heteroatoms. The van der Waals surface area contributed by atoms with Gasteiger partial charge in [-0.3, -0.25) is 14.3 Å². The smallest absolute Gasteiger partial charge is 0.272 e. The van der Waals surface area contributed by atoms with Gasteiger partial charge in [0.15, 0.2) is 11.3 Å². The number of rotatable bonds is 7. The molecule has 142 valence electrons. The van der Waals surface area contributed by atoms with Gasteiger partial charge < -0.3 is 5.32 Å². The molecule has 0 saturated carbocycles. The number of amides is 1. The number of carbonyl (C=O) groups excluding carboxylic acids is 1. The van der Waals surface area contributed by atoms with Crippen LogP contribution in [0.5, 0.6) is 0 Å². The number of unbranched alkanes of at least 4 members (excludes halogenated alkanes) is 2. The minimum Gasteiger partial charge on any atom is -0.351 e. The van der Waals surface area contributed by atoms with Crippen LogP contribution in [0.15, 0.2) is 24.4 Å². The van der Waals surface area contributed by atoms with Crippen molar-refractivity contribution in [2.75, 3.05) is 6.54 Å². The molecule has 0 aromatic carbocycles. The van der Waals surface area contributed by atoms with E-state index in [1.165, 1.54) is 12.8 Å². The van der Waals surface area contributed by atoms with Crippen LogP contribution in [0.3, 0.4) is 0 Å². The highest BCUT2D eigenvalue weighted by atomic mass is 16.1. The molecule has 0 saturated heterocycles. The third kappa shape index (κ3) is 4.02. The maximum Gasteiger partial charge on any atom is 0.272 e. The first-order chi connectivity index (χ1) is 13.3. The van der Waals surface area contributed by atoms with Gasteiger partial charge in [-0.25, -0.2) is 0 Å². The minimum atomic E-state index is -0.0437. The Morgan fingerprint density at radius 1 is 1.11 bits per heavy atom. The van der Waals surface area contributed by atoms with Crippen LogP contribution in [0.4, 0.5) is 0 Å². The predicted octanol–water partition coefficient (Wildman–Crippen LogP) is 2.86. The molecule has 2 N–H and O–H groups in total. The summed E-state index contributed by atoms with van der Waals surface area (Å²) in [5.41, 5.74) is 3.77. The van der Waals surface area contributed by atoms with Crippen molar-refractivity contribution < 1.29 is 4.79 Å². The number of nitrogens with one attached hydrogen (secondary N) is 2. The molecule has 0 fully saturated rings. The molecule has 0 unspecified atom stereocenters. The molecule has 0 aliphatic heterocycles. The van der Waals surface area contributed by atoms with Gasteiger partial charge >= 0.3 is 0 Å². The second kappa shape index (κ2) is 8.33. The molecule has 4 rings (SSSR count). The molecule has 3 aromatic rings. The first-order valence-corrected chi connectivity index (χ1v) is 9.96. The summed E-state index contributed by atoms with van der Waals surface area (Å²) in [7, 11) is 0. The summed E-state index contributed by atoms with van der Waals surface area (Å²) in [4.78, 5) is 12.4. The standard InChI is InChI=1S/C20H26N6O/c27-20(19-15-9-3-1-4-10-16(15)22-25-19)21-13-7-2-5-11-17-23-24-18-12-6-8-14-26(17)18/h6,8,12,14H,1-5,7,9-11,13H2,(H,21,27)(H,22,25). The molecule has 3 aromatic heterocycles. The lowest BCUT2D eigenvalue weighted by atomic mass is 10.1. The summed E-state index contributed by atoms with van der Waals surface area (Å²) in [6, 6.07) is 5.92.